The number of carbonyl (C=O) groups is 3. The fourth-order valence-electron chi connectivity index (χ4n) is 6.46. The molecule has 16 heteroatoms. The van der Waals surface area contributed by atoms with Gasteiger partial charge in [-0.1, -0.05) is 13.8 Å². The predicted molar refractivity (Wildman–Crippen MR) is 224 cm³/mol. The molecule has 12 nitrogen and oxygen atoms in total. The first-order valence-electron chi connectivity index (χ1n) is 18.5. The maximum atomic E-state index is 12.6. The summed E-state index contributed by atoms with van der Waals surface area (Å²) in [4.78, 5) is 59.1. The number of ether oxygens (including phenoxy) is 1. The molecule has 3 N–H and O–H groups in total. The van der Waals surface area contributed by atoms with Crippen LogP contribution in [0.5, 0.6) is 0 Å². The van der Waals surface area contributed by atoms with Crippen LogP contribution < -0.4 is 16.0 Å². The Morgan fingerprint density at radius 2 is 1.35 bits per heavy atom. The second kappa shape index (κ2) is 16.8. The van der Waals surface area contributed by atoms with Crippen LogP contribution in [0.4, 0.5) is 14.8 Å². The lowest BCUT2D eigenvalue weighted by atomic mass is 10.0. The quantitative estimate of drug-likeness (QED) is 0.137. The number of rotatable bonds is 8. The van der Waals surface area contributed by atoms with E-state index in [1.54, 1.807) is 63.7 Å². The smallest absolute Gasteiger partial charge is 0.410 e. The molecule has 0 aromatic carbocycles. The van der Waals surface area contributed by atoms with Gasteiger partial charge in [0.2, 0.25) is 11.8 Å². The lowest BCUT2D eigenvalue weighted by molar-refractivity contribution is -0.117. The van der Waals surface area contributed by atoms with Gasteiger partial charge in [0, 0.05) is 59.2 Å². The number of hydrogen-bond donors (Lipinski definition) is 3. The number of amides is 3. The number of carbonyl (C=O) groups excluding carboxylic acids is 3. The van der Waals surface area contributed by atoms with Crippen molar-refractivity contribution >= 4 is 93.7 Å². The van der Waals surface area contributed by atoms with Crippen LogP contribution in [-0.4, -0.2) is 61.4 Å². The normalized spacial score (nSPS) is 13.9. The van der Waals surface area contributed by atoms with Gasteiger partial charge in [0.1, 0.15) is 36.7 Å². The molecule has 0 bridgehead atoms. The van der Waals surface area contributed by atoms with Gasteiger partial charge < -0.3 is 25.6 Å². The molecule has 0 fully saturated rings. The summed E-state index contributed by atoms with van der Waals surface area (Å²) in [5, 5.41) is 13.2. The zero-order valence-corrected chi connectivity index (χ0v) is 34.8. The first kappa shape index (κ1) is 38.9. The van der Waals surface area contributed by atoms with E-state index in [-0.39, 0.29) is 17.9 Å². The largest absolute Gasteiger partial charge is 0.444 e. The van der Waals surface area contributed by atoms with Crippen molar-refractivity contribution in [3.8, 4) is 21.1 Å². The van der Waals surface area contributed by atoms with E-state index in [9.17, 15) is 14.4 Å². The minimum atomic E-state index is -0.535. The number of nitrogens with zero attached hydrogens (tertiary/aromatic N) is 5. The van der Waals surface area contributed by atoms with Gasteiger partial charge in [-0.25, -0.2) is 14.8 Å². The number of anilines is 2. The number of thiophene rings is 2. The van der Waals surface area contributed by atoms with E-state index in [0.717, 1.165) is 94.4 Å². The van der Waals surface area contributed by atoms with E-state index in [1.165, 1.54) is 21.8 Å². The third kappa shape index (κ3) is 8.88. The molecule has 0 atom stereocenters. The first-order valence-corrected chi connectivity index (χ1v) is 21.8. The molecule has 0 spiro atoms. The predicted octanol–water partition coefficient (Wildman–Crippen LogP) is 9.26. The summed E-state index contributed by atoms with van der Waals surface area (Å²) in [6.45, 7) is 12.5. The number of nitrogens with one attached hydrogen (secondary N) is 3. The monoisotopic (exact) mass is 816 g/mol. The van der Waals surface area contributed by atoms with Crippen LogP contribution in [0.3, 0.4) is 0 Å². The highest BCUT2D eigenvalue weighted by Gasteiger charge is 2.32. The summed E-state index contributed by atoms with van der Waals surface area (Å²) < 4.78 is 7.74. The fraction of sp³-hybridized carbons (Fsp3) is 0.410. The Morgan fingerprint density at radius 3 is 1.87 bits per heavy atom. The van der Waals surface area contributed by atoms with Crippen molar-refractivity contribution < 1.29 is 19.1 Å². The van der Waals surface area contributed by atoms with E-state index in [2.05, 4.69) is 25.9 Å². The molecule has 2 aliphatic heterocycles. The van der Waals surface area contributed by atoms with Crippen LogP contribution in [0.25, 0.3) is 41.6 Å². The molecule has 3 amide bonds. The number of pyridine rings is 2. The maximum absolute atomic E-state index is 12.6. The van der Waals surface area contributed by atoms with Gasteiger partial charge in [-0.05, 0) is 76.3 Å². The average Bonchev–Trinajstić information content (AvgIpc) is 3.92. The summed E-state index contributed by atoms with van der Waals surface area (Å²) in [6.07, 6.45) is 11.1. The van der Waals surface area contributed by atoms with Crippen molar-refractivity contribution in [1.82, 2.24) is 30.2 Å². The molecule has 6 aromatic heterocycles. The Morgan fingerprint density at radius 1 is 0.800 bits per heavy atom. The van der Waals surface area contributed by atoms with Gasteiger partial charge in [-0.3, -0.25) is 19.6 Å². The Hall–Kier alpha value is -4.35. The Bertz CT molecular complexity index is 2290. The highest BCUT2D eigenvalue weighted by Crippen LogP contribution is 2.47. The van der Waals surface area contributed by atoms with Crippen LogP contribution in [-0.2, 0) is 40.3 Å². The minimum absolute atomic E-state index is 0.00544. The van der Waals surface area contributed by atoms with Crippen LogP contribution in [0.15, 0.2) is 36.9 Å². The van der Waals surface area contributed by atoms with E-state index in [4.69, 9.17) is 14.7 Å². The third-order valence-corrected chi connectivity index (χ3v) is 13.3. The van der Waals surface area contributed by atoms with Crippen molar-refractivity contribution in [2.75, 3.05) is 23.7 Å². The molecular formula is C39H44N8O4S4. The number of fused-ring (bicyclic) bond motifs is 4. The zero-order valence-electron chi connectivity index (χ0n) is 31.5. The van der Waals surface area contributed by atoms with Crippen molar-refractivity contribution in [3.63, 3.8) is 0 Å². The van der Waals surface area contributed by atoms with E-state index < -0.39 is 5.60 Å². The molecule has 6 aromatic rings. The number of aromatic nitrogens is 4. The fourth-order valence-corrected chi connectivity index (χ4v) is 11.1. The van der Waals surface area contributed by atoms with Crippen LogP contribution >= 0.6 is 45.3 Å². The second-order valence-electron chi connectivity index (χ2n) is 14.3. The molecule has 0 aliphatic carbocycles. The van der Waals surface area contributed by atoms with Gasteiger partial charge in [0.05, 0.1) is 28.3 Å². The first-order chi connectivity index (χ1) is 26.5. The van der Waals surface area contributed by atoms with Crippen LogP contribution in [0.2, 0.25) is 0 Å². The zero-order chi connectivity index (χ0) is 38.7. The summed E-state index contributed by atoms with van der Waals surface area (Å²) in [5.74, 6) is 0.0715. The molecule has 8 rings (SSSR count). The standard InChI is InChI=1S/C22H26N4O3S2.C17H18N4OS2/c1-5-6-17(27)25-20-18(19-24-14-11-23-9-7-15(14)30-19)13-8-10-26(12-16(13)31-20)21(28)29-22(2,3)4;1-2-3-14(22)21-17-15(10-4-6-19-9-13(10)24-17)16-20-11-8-18-7-5-12(11)23-16/h7,9,11H,5-6,8,10,12H2,1-4H3,(H,25,27);5,7-8,19H,2-4,6,9H2,1H3,(H,21,22). The van der Waals surface area contributed by atoms with Crippen molar-refractivity contribution in [3.05, 3.63) is 57.8 Å². The topological polar surface area (TPSA) is 151 Å². The van der Waals surface area contributed by atoms with E-state index >= 15 is 0 Å². The van der Waals surface area contributed by atoms with Gasteiger partial charge in [0.25, 0.3) is 0 Å². The number of thiazole rings is 2. The summed E-state index contributed by atoms with van der Waals surface area (Å²) in [7, 11) is 0. The van der Waals surface area contributed by atoms with Crippen molar-refractivity contribution in [1.29, 1.82) is 0 Å². The van der Waals surface area contributed by atoms with Crippen molar-refractivity contribution in [2.24, 2.45) is 0 Å². The van der Waals surface area contributed by atoms with Gasteiger partial charge in [-0.2, -0.15) is 0 Å². The Kier molecular flexibility index (Phi) is 11.9. The molecule has 288 valence electrons. The van der Waals surface area contributed by atoms with Crippen LogP contribution in [0.1, 0.15) is 81.2 Å². The molecule has 0 radical (unpaired) electrons. The Balaban J connectivity index is 0.000000174. The van der Waals surface area contributed by atoms with E-state index in [0.29, 0.717) is 32.4 Å². The van der Waals surface area contributed by atoms with Crippen molar-refractivity contribution in [2.45, 2.75) is 91.8 Å². The highest BCUT2D eigenvalue weighted by atomic mass is 32.1. The van der Waals surface area contributed by atoms with Gasteiger partial charge >= 0.3 is 6.09 Å². The van der Waals surface area contributed by atoms with Gasteiger partial charge in [0.15, 0.2) is 0 Å². The molecular weight excluding hydrogens is 773 g/mol. The van der Waals surface area contributed by atoms with Gasteiger partial charge in [-0.15, -0.1) is 45.3 Å². The molecule has 0 saturated heterocycles. The minimum Gasteiger partial charge on any atom is -0.444 e. The summed E-state index contributed by atoms with van der Waals surface area (Å²) in [6, 6.07) is 3.95. The lowest BCUT2D eigenvalue weighted by Crippen LogP contribution is -2.39. The maximum Gasteiger partial charge on any atom is 0.410 e. The Labute approximate surface area is 335 Å². The molecule has 8 heterocycles. The summed E-state index contributed by atoms with van der Waals surface area (Å²) in [5.41, 5.74) is 5.81. The number of hydrogen-bond acceptors (Lipinski definition) is 13. The third-order valence-electron chi connectivity index (χ3n) is 8.90. The van der Waals surface area contributed by atoms with E-state index in [1.807, 2.05) is 46.8 Å². The lowest BCUT2D eigenvalue weighted by Gasteiger charge is -2.30. The SMILES string of the molecule is CCCC(=O)Nc1sc2c(c1-c1nc3cnccc3s1)CCN(C(=O)OC(C)(C)C)C2.CCCC(=O)Nc1sc2c(c1-c1nc3cnccc3s1)CCNC2. The molecule has 0 saturated carbocycles. The second-order valence-corrected chi connectivity index (χ2v) is 18.6. The molecule has 0 unspecified atom stereocenters. The van der Waals surface area contributed by atoms with Crippen LogP contribution in [0, 0.1) is 0 Å². The molecule has 2 aliphatic rings. The molecule has 55 heavy (non-hydrogen) atoms. The average molecular weight is 817 g/mol. The summed E-state index contributed by atoms with van der Waals surface area (Å²) >= 11 is 6.47. The highest BCUT2D eigenvalue weighted by molar-refractivity contribution is 7.23.